The molecule has 0 bridgehead atoms. The van der Waals surface area contributed by atoms with Gasteiger partial charge >= 0.3 is 5.97 Å². The lowest BCUT2D eigenvalue weighted by atomic mass is 9.78. The molecule has 0 aromatic rings. The van der Waals surface area contributed by atoms with Crippen molar-refractivity contribution < 1.29 is 9.53 Å². The second kappa shape index (κ2) is 11.7. The molecule has 0 aromatic carbocycles. The number of ether oxygens (including phenoxy) is 1. The van der Waals surface area contributed by atoms with E-state index < -0.39 is 0 Å². The van der Waals surface area contributed by atoms with Crippen LogP contribution in [0.15, 0.2) is 12.2 Å². The second-order valence-corrected chi connectivity index (χ2v) is 7.15. The molecule has 2 heteroatoms. The molecule has 0 unspecified atom stereocenters. The first-order chi connectivity index (χ1) is 10.6. The van der Waals surface area contributed by atoms with Crippen molar-refractivity contribution in [3.05, 3.63) is 12.2 Å². The SMILES string of the molecule is C=C(C)C(=O)OCCCC1CCC(CCCCCCC)CC1. The van der Waals surface area contributed by atoms with Gasteiger partial charge in [0.1, 0.15) is 0 Å². The van der Waals surface area contributed by atoms with Crippen LogP contribution in [0.2, 0.25) is 0 Å². The summed E-state index contributed by atoms with van der Waals surface area (Å²) in [7, 11) is 0. The maximum atomic E-state index is 11.3. The standard InChI is InChI=1S/C20H36O2/c1-4-5-6-7-8-10-18-12-14-19(15-13-18)11-9-16-22-20(21)17(2)3/h18-19H,2,4-16H2,1,3H3. The molecule has 0 N–H and O–H groups in total. The molecule has 0 amide bonds. The quantitative estimate of drug-likeness (QED) is 0.264. The Kier molecular flexibility index (Phi) is 10.3. The van der Waals surface area contributed by atoms with E-state index in [2.05, 4.69) is 13.5 Å². The highest BCUT2D eigenvalue weighted by atomic mass is 16.5. The van der Waals surface area contributed by atoms with Crippen LogP contribution < -0.4 is 0 Å². The fraction of sp³-hybridized carbons (Fsp3) is 0.850. The van der Waals surface area contributed by atoms with E-state index in [9.17, 15) is 4.79 Å². The second-order valence-electron chi connectivity index (χ2n) is 7.15. The highest BCUT2D eigenvalue weighted by Gasteiger charge is 2.20. The zero-order chi connectivity index (χ0) is 16.2. The van der Waals surface area contributed by atoms with Crippen LogP contribution in [0, 0.1) is 11.8 Å². The third-order valence-corrected chi connectivity index (χ3v) is 5.02. The van der Waals surface area contributed by atoms with Gasteiger partial charge in [0.2, 0.25) is 0 Å². The Balaban J connectivity index is 1.98. The Morgan fingerprint density at radius 3 is 2.05 bits per heavy atom. The van der Waals surface area contributed by atoms with Crippen LogP contribution in [-0.4, -0.2) is 12.6 Å². The summed E-state index contributed by atoms with van der Waals surface area (Å²) >= 11 is 0. The van der Waals surface area contributed by atoms with Crippen molar-refractivity contribution in [2.75, 3.05) is 6.61 Å². The summed E-state index contributed by atoms with van der Waals surface area (Å²) in [6.07, 6.45) is 16.3. The summed E-state index contributed by atoms with van der Waals surface area (Å²) in [5.74, 6) is 1.60. The van der Waals surface area contributed by atoms with E-state index in [1.54, 1.807) is 6.92 Å². The molecule has 22 heavy (non-hydrogen) atoms. The first-order valence-electron chi connectivity index (χ1n) is 9.46. The zero-order valence-corrected chi connectivity index (χ0v) is 14.9. The van der Waals surface area contributed by atoms with E-state index in [1.165, 1.54) is 70.6 Å². The minimum absolute atomic E-state index is 0.244. The average Bonchev–Trinajstić information content (AvgIpc) is 2.52. The summed E-state index contributed by atoms with van der Waals surface area (Å²) in [5, 5.41) is 0. The number of esters is 1. The fourth-order valence-electron chi connectivity index (χ4n) is 3.51. The summed E-state index contributed by atoms with van der Waals surface area (Å²) < 4.78 is 5.16. The van der Waals surface area contributed by atoms with Crippen molar-refractivity contribution in [1.29, 1.82) is 0 Å². The van der Waals surface area contributed by atoms with Crippen LogP contribution in [0.25, 0.3) is 0 Å². The Hall–Kier alpha value is -0.790. The normalized spacial score (nSPS) is 21.5. The van der Waals surface area contributed by atoms with E-state index >= 15 is 0 Å². The number of unbranched alkanes of at least 4 members (excludes halogenated alkanes) is 4. The zero-order valence-electron chi connectivity index (χ0n) is 14.9. The van der Waals surface area contributed by atoms with Gasteiger partial charge in [0, 0.05) is 5.57 Å². The molecule has 0 spiro atoms. The van der Waals surface area contributed by atoms with Gasteiger partial charge in [0.15, 0.2) is 0 Å². The minimum Gasteiger partial charge on any atom is -0.462 e. The topological polar surface area (TPSA) is 26.3 Å². The van der Waals surface area contributed by atoms with Crippen molar-refractivity contribution in [1.82, 2.24) is 0 Å². The van der Waals surface area contributed by atoms with Gasteiger partial charge in [-0.2, -0.15) is 0 Å². The maximum Gasteiger partial charge on any atom is 0.333 e. The summed E-state index contributed by atoms with van der Waals surface area (Å²) in [6.45, 7) is 8.14. The monoisotopic (exact) mass is 308 g/mol. The first kappa shape index (κ1) is 19.3. The van der Waals surface area contributed by atoms with Crippen LogP contribution in [-0.2, 0) is 9.53 Å². The van der Waals surface area contributed by atoms with Gasteiger partial charge in [0.25, 0.3) is 0 Å². The van der Waals surface area contributed by atoms with Crippen LogP contribution in [0.1, 0.15) is 90.9 Å². The summed E-state index contributed by atoms with van der Waals surface area (Å²) in [4.78, 5) is 11.3. The van der Waals surface area contributed by atoms with Crippen molar-refractivity contribution in [2.45, 2.75) is 90.9 Å². The van der Waals surface area contributed by atoms with Crippen molar-refractivity contribution in [2.24, 2.45) is 11.8 Å². The molecule has 0 atom stereocenters. The maximum absolute atomic E-state index is 11.3. The molecule has 1 saturated carbocycles. The molecular formula is C20H36O2. The van der Waals surface area contributed by atoms with Gasteiger partial charge in [-0.1, -0.05) is 77.7 Å². The van der Waals surface area contributed by atoms with Gasteiger partial charge in [-0.05, 0) is 31.6 Å². The lowest BCUT2D eigenvalue weighted by molar-refractivity contribution is -0.139. The van der Waals surface area contributed by atoms with E-state index in [0.717, 1.165) is 18.3 Å². The third kappa shape index (κ3) is 8.60. The molecule has 1 aliphatic rings. The van der Waals surface area contributed by atoms with Gasteiger partial charge < -0.3 is 4.74 Å². The molecule has 1 rings (SSSR count). The predicted octanol–water partition coefficient (Wildman–Crippen LogP) is 6.05. The van der Waals surface area contributed by atoms with Gasteiger partial charge in [0.05, 0.1) is 6.61 Å². The fourth-order valence-corrected chi connectivity index (χ4v) is 3.51. The van der Waals surface area contributed by atoms with Crippen molar-refractivity contribution in [3.8, 4) is 0 Å². The van der Waals surface area contributed by atoms with Crippen LogP contribution in [0.5, 0.6) is 0 Å². The molecule has 1 fully saturated rings. The molecule has 2 nitrogen and oxygen atoms in total. The van der Waals surface area contributed by atoms with E-state index in [-0.39, 0.29) is 5.97 Å². The average molecular weight is 309 g/mol. The molecule has 0 saturated heterocycles. The summed E-state index contributed by atoms with van der Waals surface area (Å²) in [6, 6.07) is 0. The van der Waals surface area contributed by atoms with E-state index in [1.807, 2.05) is 0 Å². The van der Waals surface area contributed by atoms with Crippen molar-refractivity contribution >= 4 is 5.97 Å². The largest absolute Gasteiger partial charge is 0.462 e. The Morgan fingerprint density at radius 2 is 1.50 bits per heavy atom. The number of carbonyl (C=O) groups is 1. The van der Waals surface area contributed by atoms with Crippen LogP contribution in [0.3, 0.4) is 0 Å². The Bertz CT molecular complexity index is 314. The third-order valence-electron chi connectivity index (χ3n) is 5.02. The highest BCUT2D eigenvalue weighted by molar-refractivity contribution is 5.86. The molecular weight excluding hydrogens is 272 g/mol. The molecule has 0 heterocycles. The molecule has 1 aliphatic carbocycles. The number of hydrogen-bond donors (Lipinski definition) is 0. The number of hydrogen-bond acceptors (Lipinski definition) is 2. The van der Waals surface area contributed by atoms with E-state index in [0.29, 0.717) is 12.2 Å². The van der Waals surface area contributed by atoms with Crippen LogP contribution in [0.4, 0.5) is 0 Å². The van der Waals surface area contributed by atoms with Gasteiger partial charge in [-0.15, -0.1) is 0 Å². The summed E-state index contributed by atoms with van der Waals surface area (Å²) in [5.41, 5.74) is 0.499. The lowest BCUT2D eigenvalue weighted by Crippen LogP contribution is -2.15. The Labute approximate surface area is 137 Å². The minimum atomic E-state index is -0.244. The van der Waals surface area contributed by atoms with Gasteiger partial charge in [-0.3, -0.25) is 0 Å². The molecule has 0 aromatic heterocycles. The first-order valence-corrected chi connectivity index (χ1v) is 9.46. The lowest BCUT2D eigenvalue weighted by Gasteiger charge is -2.28. The smallest absolute Gasteiger partial charge is 0.333 e. The van der Waals surface area contributed by atoms with E-state index in [4.69, 9.17) is 4.74 Å². The number of carbonyl (C=O) groups excluding carboxylic acids is 1. The van der Waals surface area contributed by atoms with Crippen LogP contribution >= 0.6 is 0 Å². The molecule has 0 aliphatic heterocycles. The predicted molar refractivity (Wildman–Crippen MR) is 93.8 cm³/mol. The highest BCUT2D eigenvalue weighted by Crippen LogP contribution is 2.34. The Morgan fingerprint density at radius 1 is 0.955 bits per heavy atom. The van der Waals surface area contributed by atoms with Gasteiger partial charge in [-0.25, -0.2) is 4.79 Å². The molecule has 0 radical (unpaired) electrons. The molecule has 128 valence electrons. The number of rotatable bonds is 11. The van der Waals surface area contributed by atoms with Crippen molar-refractivity contribution in [3.63, 3.8) is 0 Å².